The van der Waals surface area contributed by atoms with Crippen molar-refractivity contribution in [2.75, 3.05) is 28.6 Å². The Bertz CT molecular complexity index is 2190. The number of nitrogens with zero attached hydrogens (tertiary/aromatic N) is 4. The van der Waals surface area contributed by atoms with Gasteiger partial charge >= 0.3 is 6.03 Å². The summed E-state index contributed by atoms with van der Waals surface area (Å²) in [6, 6.07) is 22.7. The number of aromatic nitrogens is 3. The fourth-order valence-corrected chi connectivity index (χ4v) is 6.41. The number of hydrogen-bond donors (Lipinski definition) is 2. The number of benzene rings is 2. The minimum absolute atomic E-state index is 0.00220. The zero-order chi connectivity index (χ0) is 37.2. The van der Waals surface area contributed by atoms with Gasteiger partial charge in [0.05, 0.1) is 34.4 Å². The predicted molar refractivity (Wildman–Crippen MR) is 204 cm³/mol. The summed E-state index contributed by atoms with van der Waals surface area (Å²) in [6.45, 7) is 8.64. The average molecular weight is 740 g/mol. The fraction of sp³-hybridized carbons (Fsp3) is 0.250. The number of urea groups is 1. The van der Waals surface area contributed by atoms with Crippen LogP contribution in [0.25, 0.3) is 22.5 Å². The van der Waals surface area contributed by atoms with Crippen LogP contribution < -0.4 is 15.5 Å². The quantitative estimate of drug-likeness (QED) is 0.189. The largest absolute Gasteiger partial charge is 0.369 e. The van der Waals surface area contributed by atoms with Crippen molar-refractivity contribution in [3.63, 3.8) is 0 Å². The summed E-state index contributed by atoms with van der Waals surface area (Å²) in [5.74, 6) is 0.302. The first-order valence-electron chi connectivity index (χ1n) is 16.8. The third kappa shape index (κ3) is 7.83. The van der Waals surface area contributed by atoms with Gasteiger partial charge in [-0.1, -0.05) is 75.2 Å². The molecule has 12 heteroatoms. The number of anilines is 3. The molecule has 2 aromatic carbocycles. The lowest BCUT2D eigenvalue weighted by atomic mass is 9.82. The number of nitrogens with one attached hydrogen (secondary N) is 2. The lowest BCUT2D eigenvalue weighted by molar-refractivity contribution is 0.0829. The average Bonchev–Trinajstić information content (AvgIpc) is 3.29. The second-order valence-corrected chi connectivity index (χ2v) is 14.8. The van der Waals surface area contributed by atoms with Crippen LogP contribution in [0.2, 0.25) is 10.0 Å². The molecule has 2 aliphatic rings. The van der Waals surface area contributed by atoms with E-state index in [4.69, 9.17) is 23.2 Å². The molecule has 52 heavy (non-hydrogen) atoms. The summed E-state index contributed by atoms with van der Waals surface area (Å²) in [5.41, 5.74) is 3.08. The normalized spacial score (nSPS) is 15.9. The molecule has 3 aromatic heterocycles. The molecular formula is C40H37Cl2FN6O3. The maximum absolute atomic E-state index is 14.0. The number of halogens is 3. The molecule has 0 bridgehead atoms. The van der Waals surface area contributed by atoms with Gasteiger partial charge in [0.1, 0.15) is 11.6 Å². The van der Waals surface area contributed by atoms with Gasteiger partial charge in [-0.3, -0.25) is 19.5 Å². The SMILES string of the molecule is CC1(C)CCN(C(=O)Nc2ccncc2F)c2nc(-c3cccc(Cl)c3)ccc2C1=O.CC1(C)CCNc2nc(-c3cccc(Cl)c3)ccc2C1=O. The third-order valence-corrected chi connectivity index (χ3v) is 9.72. The van der Waals surface area contributed by atoms with Crippen molar-refractivity contribution < 1.29 is 18.8 Å². The standard InChI is InChI=1S/C23H20ClFN4O2.C17H17ClN2O/c1-23(2)9-11-29(22(31)28-19-8-10-26-13-17(19)25)21-16(20(23)30)6-7-18(27-21)14-4-3-5-15(24)12-14;1-17(2)8-9-19-16-13(15(17)21)6-7-14(20-16)11-4-3-5-12(18)10-11/h3-8,10,12-13H,9,11H2,1-2H3,(H,26,28,31);3-7,10H,8-9H2,1-2H3,(H,19,20). The first kappa shape index (κ1) is 36.6. The molecule has 0 saturated carbocycles. The highest BCUT2D eigenvalue weighted by atomic mass is 35.5. The molecule has 0 radical (unpaired) electrons. The van der Waals surface area contributed by atoms with Crippen LogP contribution in [0, 0.1) is 16.6 Å². The van der Waals surface area contributed by atoms with E-state index in [0.717, 1.165) is 36.0 Å². The molecule has 0 atom stereocenters. The first-order chi connectivity index (χ1) is 24.7. The van der Waals surface area contributed by atoms with Gasteiger partial charge in [-0.2, -0.15) is 0 Å². The molecular weight excluding hydrogens is 702 g/mol. The van der Waals surface area contributed by atoms with Crippen LogP contribution in [-0.2, 0) is 0 Å². The summed E-state index contributed by atoms with van der Waals surface area (Å²) in [6.07, 6.45) is 3.64. The highest BCUT2D eigenvalue weighted by molar-refractivity contribution is 6.31. The number of pyridine rings is 3. The van der Waals surface area contributed by atoms with Gasteiger partial charge in [0, 0.05) is 51.3 Å². The van der Waals surface area contributed by atoms with Crippen LogP contribution in [0.5, 0.6) is 0 Å². The number of rotatable bonds is 3. The maximum atomic E-state index is 14.0. The Morgan fingerprint density at radius 1 is 0.808 bits per heavy atom. The second-order valence-electron chi connectivity index (χ2n) is 14.0. The van der Waals surface area contributed by atoms with Gasteiger partial charge in [0.25, 0.3) is 0 Å². The summed E-state index contributed by atoms with van der Waals surface area (Å²) in [4.78, 5) is 53.2. The van der Waals surface area contributed by atoms with Crippen LogP contribution in [-0.4, -0.2) is 45.6 Å². The lowest BCUT2D eigenvalue weighted by Gasteiger charge is -2.23. The van der Waals surface area contributed by atoms with Crippen molar-refractivity contribution in [2.45, 2.75) is 40.5 Å². The number of ketones is 2. The highest BCUT2D eigenvalue weighted by Crippen LogP contribution is 2.37. The van der Waals surface area contributed by atoms with Gasteiger partial charge in [-0.05, 0) is 67.4 Å². The Morgan fingerprint density at radius 2 is 1.40 bits per heavy atom. The molecule has 0 fully saturated rings. The molecule has 0 unspecified atom stereocenters. The first-order valence-corrected chi connectivity index (χ1v) is 17.5. The molecule has 2 amide bonds. The number of fused-ring (bicyclic) bond motifs is 2. The van der Waals surface area contributed by atoms with Crippen molar-refractivity contribution in [1.29, 1.82) is 0 Å². The monoisotopic (exact) mass is 738 g/mol. The van der Waals surface area contributed by atoms with Crippen LogP contribution in [0.1, 0.15) is 61.3 Å². The van der Waals surface area contributed by atoms with Gasteiger partial charge in [0.15, 0.2) is 17.4 Å². The van der Waals surface area contributed by atoms with E-state index in [1.165, 1.54) is 17.2 Å². The zero-order valence-electron chi connectivity index (χ0n) is 29.1. The molecule has 5 heterocycles. The van der Waals surface area contributed by atoms with E-state index in [0.29, 0.717) is 39.1 Å². The molecule has 266 valence electrons. The Kier molecular flexibility index (Phi) is 10.4. The van der Waals surface area contributed by atoms with E-state index in [1.54, 1.807) is 30.3 Å². The smallest absolute Gasteiger partial charge is 0.327 e. The third-order valence-electron chi connectivity index (χ3n) is 9.25. The Morgan fingerprint density at radius 3 is 2.04 bits per heavy atom. The second kappa shape index (κ2) is 14.8. The minimum Gasteiger partial charge on any atom is -0.369 e. The van der Waals surface area contributed by atoms with Crippen molar-refractivity contribution in [1.82, 2.24) is 15.0 Å². The molecule has 2 aliphatic heterocycles. The maximum Gasteiger partial charge on any atom is 0.327 e. The molecule has 7 rings (SSSR count). The Hall–Kier alpha value is -5.19. The van der Waals surface area contributed by atoms with E-state index >= 15 is 0 Å². The van der Waals surface area contributed by atoms with Crippen molar-refractivity contribution >= 4 is 58.1 Å². The molecule has 0 aliphatic carbocycles. The number of amides is 2. The molecule has 0 spiro atoms. The fourth-order valence-electron chi connectivity index (χ4n) is 6.03. The predicted octanol–water partition coefficient (Wildman–Crippen LogP) is 10.0. The summed E-state index contributed by atoms with van der Waals surface area (Å²) >= 11 is 12.1. The lowest BCUT2D eigenvalue weighted by Crippen LogP contribution is -2.37. The van der Waals surface area contributed by atoms with E-state index in [2.05, 4.69) is 25.6 Å². The highest BCUT2D eigenvalue weighted by Gasteiger charge is 2.38. The number of carbonyl (C=O) groups is 3. The van der Waals surface area contributed by atoms with Crippen molar-refractivity contribution in [3.8, 4) is 22.5 Å². The number of Topliss-reactive ketones (excluding diaryl/α,β-unsaturated/α-hetero) is 2. The van der Waals surface area contributed by atoms with E-state index in [-0.39, 0.29) is 35.0 Å². The zero-order valence-corrected chi connectivity index (χ0v) is 30.6. The van der Waals surface area contributed by atoms with Crippen LogP contribution >= 0.6 is 23.2 Å². The molecule has 0 saturated heterocycles. The number of carbonyl (C=O) groups excluding carboxylic acids is 3. The van der Waals surface area contributed by atoms with Gasteiger partial charge in [-0.25, -0.2) is 19.2 Å². The molecule has 2 N–H and O–H groups in total. The van der Waals surface area contributed by atoms with Crippen molar-refractivity contribution in [2.24, 2.45) is 10.8 Å². The summed E-state index contributed by atoms with van der Waals surface area (Å²) in [7, 11) is 0. The molecule has 9 nitrogen and oxygen atoms in total. The number of hydrogen-bond acceptors (Lipinski definition) is 7. The van der Waals surface area contributed by atoms with E-state index < -0.39 is 17.3 Å². The van der Waals surface area contributed by atoms with Gasteiger partial charge in [0.2, 0.25) is 0 Å². The molecule has 5 aromatic rings. The topological polar surface area (TPSA) is 117 Å². The summed E-state index contributed by atoms with van der Waals surface area (Å²) < 4.78 is 14.0. The van der Waals surface area contributed by atoms with Gasteiger partial charge in [-0.15, -0.1) is 0 Å². The van der Waals surface area contributed by atoms with Crippen molar-refractivity contribution in [3.05, 3.63) is 118 Å². The Balaban J connectivity index is 0.000000192. The van der Waals surface area contributed by atoms with E-state index in [9.17, 15) is 18.8 Å². The minimum atomic E-state index is -0.676. The summed E-state index contributed by atoms with van der Waals surface area (Å²) in [5, 5.41) is 7.06. The van der Waals surface area contributed by atoms with Crippen LogP contribution in [0.3, 0.4) is 0 Å². The Labute approximate surface area is 311 Å². The van der Waals surface area contributed by atoms with Gasteiger partial charge < -0.3 is 10.6 Å². The van der Waals surface area contributed by atoms with E-state index in [1.807, 2.05) is 70.2 Å². The van der Waals surface area contributed by atoms with Crippen LogP contribution in [0.15, 0.2) is 91.3 Å². The van der Waals surface area contributed by atoms with Crippen LogP contribution in [0.4, 0.5) is 26.5 Å².